The van der Waals surface area contributed by atoms with Crippen molar-refractivity contribution in [3.05, 3.63) is 35.6 Å². The molecule has 0 saturated heterocycles. The lowest BCUT2D eigenvalue weighted by Crippen LogP contribution is -2.34. The summed E-state index contributed by atoms with van der Waals surface area (Å²) in [4.78, 5) is 2.29. The maximum absolute atomic E-state index is 13.6. The monoisotopic (exact) mass is 251 g/mol. The van der Waals surface area contributed by atoms with Gasteiger partial charge in [-0.25, -0.2) is 4.39 Å². The van der Waals surface area contributed by atoms with Crippen LogP contribution in [0.2, 0.25) is 0 Å². The lowest BCUT2D eigenvalue weighted by atomic mass is 10.1. The second-order valence-electron chi connectivity index (χ2n) is 5.62. The molecule has 1 aromatic carbocycles. The minimum atomic E-state index is -0.731. The summed E-state index contributed by atoms with van der Waals surface area (Å²) in [7, 11) is 0. The molecule has 1 aromatic rings. The number of aliphatic hydroxyl groups is 1. The minimum Gasteiger partial charge on any atom is -0.387 e. The van der Waals surface area contributed by atoms with E-state index in [1.807, 2.05) is 0 Å². The van der Waals surface area contributed by atoms with Crippen LogP contribution >= 0.6 is 0 Å². The molecule has 1 saturated carbocycles. The number of aliphatic hydroxyl groups excluding tert-OH is 1. The van der Waals surface area contributed by atoms with Crippen LogP contribution in [-0.2, 0) is 0 Å². The lowest BCUT2D eigenvalue weighted by molar-refractivity contribution is 0.0986. The Kier molecular flexibility index (Phi) is 4.36. The van der Waals surface area contributed by atoms with E-state index in [-0.39, 0.29) is 5.82 Å². The molecule has 0 spiro atoms. The van der Waals surface area contributed by atoms with Crippen LogP contribution in [0.3, 0.4) is 0 Å². The van der Waals surface area contributed by atoms with Gasteiger partial charge in [0.05, 0.1) is 6.10 Å². The van der Waals surface area contributed by atoms with Gasteiger partial charge in [-0.3, -0.25) is 4.90 Å². The third-order valence-corrected chi connectivity index (χ3v) is 3.33. The summed E-state index contributed by atoms with van der Waals surface area (Å²) in [6.45, 7) is 5.84. The van der Waals surface area contributed by atoms with Gasteiger partial charge in [-0.05, 0) is 24.8 Å². The van der Waals surface area contributed by atoms with Crippen LogP contribution in [0.4, 0.5) is 4.39 Å². The second kappa shape index (κ2) is 5.81. The average molecular weight is 251 g/mol. The molecule has 0 aromatic heterocycles. The van der Waals surface area contributed by atoms with E-state index in [2.05, 4.69) is 18.7 Å². The highest BCUT2D eigenvalue weighted by molar-refractivity contribution is 5.20. The Morgan fingerprint density at radius 1 is 1.28 bits per heavy atom. The Bertz CT molecular complexity index is 390. The fourth-order valence-corrected chi connectivity index (χ4v) is 2.35. The zero-order chi connectivity index (χ0) is 13.1. The van der Waals surface area contributed by atoms with Gasteiger partial charge in [0.25, 0.3) is 0 Å². The molecule has 0 bridgehead atoms. The average Bonchev–Trinajstić information content (AvgIpc) is 3.11. The van der Waals surface area contributed by atoms with Crippen molar-refractivity contribution in [2.45, 2.75) is 38.8 Å². The molecule has 0 amide bonds. The Labute approximate surface area is 108 Å². The molecule has 1 aliphatic carbocycles. The van der Waals surface area contributed by atoms with E-state index in [1.165, 1.54) is 18.9 Å². The Morgan fingerprint density at radius 3 is 2.50 bits per heavy atom. The first-order valence-corrected chi connectivity index (χ1v) is 6.74. The zero-order valence-corrected chi connectivity index (χ0v) is 11.1. The summed E-state index contributed by atoms with van der Waals surface area (Å²) in [5.74, 6) is 0.253. The van der Waals surface area contributed by atoms with Crippen LogP contribution in [0.25, 0.3) is 0 Å². The first kappa shape index (κ1) is 13.5. The Morgan fingerprint density at radius 2 is 1.94 bits per heavy atom. The summed E-state index contributed by atoms with van der Waals surface area (Å²) in [6.07, 6.45) is 1.68. The molecule has 2 nitrogen and oxygen atoms in total. The number of benzene rings is 1. The van der Waals surface area contributed by atoms with E-state index in [0.717, 1.165) is 6.54 Å². The molecule has 0 aliphatic heterocycles. The van der Waals surface area contributed by atoms with E-state index in [0.29, 0.717) is 24.1 Å². The fourth-order valence-electron chi connectivity index (χ4n) is 2.35. The van der Waals surface area contributed by atoms with Crippen molar-refractivity contribution in [2.24, 2.45) is 5.92 Å². The first-order valence-electron chi connectivity index (χ1n) is 6.74. The highest BCUT2D eigenvalue weighted by Crippen LogP contribution is 2.29. The molecule has 2 rings (SSSR count). The molecule has 3 heteroatoms. The van der Waals surface area contributed by atoms with Crippen LogP contribution in [-0.4, -0.2) is 29.1 Å². The predicted molar refractivity (Wildman–Crippen MR) is 70.8 cm³/mol. The summed E-state index contributed by atoms with van der Waals surface area (Å²) in [5.41, 5.74) is 0.409. The van der Waals surface area contributed by atoms with Crippen LogP contribution in [0.1, 0.15) is 38.4 Å². The first-order chi connectivity index (χ1) is 8.58. The largest absolute Gasteiger partial charge is 0.387 e. The van der Waals surface area contributed by atoms with Gasteiger partial charge in [0.15, 0.2) is 0 Å². The molecule has 0 radical (unpaired) electrons. The second-order valence-corrected chi connectivity index (χ2v) is 5.62. The number of hydrogen-bond acceptors (Lipinski definition) is 2. The summed E-state index contributed by atoms with van der Waals surface area (Å²) < 4.78 is 13.6. The molecule has 1 atom stereocenters. The predicted octanol–water partition coefficient (Wildman–Crippen LogP) is 2.98. The number of hydrogen-bond donors (Lipinski definition) is 1. The molecule has 1 fully saturated rings. The highest BCUT2D eigenvalue weighted by atomic mass is 19.1. The van der Waals surface area contributed by atoms with Crippen molar-refractivity contribution in [3.8, 4) is 0 Å². The highest BCUT2D eigenvalue weighted by Gasteiger charge is 2.31. The summed E-state index contributed by atoms with van der Waals surface area (Å²) in [5, 5.41) is 10.2. The molecule has 100 valence electrons. The maximum Gasteiger partial charge on any atom is 0.129 e. The van der Waals surface area contributed by atoms with Gasteiger partial charge in [0.2, 0.25) is 0 Å². The van der Waals surface area contributed by atoms with E-state index >= 15 is 0 Å². The van der Waals surface area contributed by atoms with Crippen molar-refractivity contribution in [1.29, 1.82) is 0 Å². The van der Waals surface area contributed by atoms with Crippen molar-refractivity contribution >= 4 is 0 Å². The molecular weight excluding hydrogens is 229 g/mol. The van der Waals surface area contributed by atoms with E-state index in [4.69, 9.17) is 0 Å². The van der Waals surface area contributed by atoms with Crippen molar-refractivity contribution in [3.63, 3.8) is 0 Å². The van der Waals surface area contributed by atoms with Gasteiger partial charge in [-0.2, -0.15) is 0 Å². The van der Waals surface area contributed by atoms with Crippen LogP contribution in [0.5, 0.6) is 0 Å². The van der Waals surface area contributed by atoms with E-state index in [9.17, 15) is 9.50 Å². The fraction of sp³-hybridized carbons (Fsp3) is 0.600. The van der Waals surface area contributed by atoms with Gasteiger partial charge in [0.1, 0.15) is 5.82 Å². The van der Waals surface area contributed by atoms with Gasteiger partial charge < -0.3 is 5.11 Å². The third-order valence-electron chi connectivity index (χ3n) is 3.33. The smallest absolute Gasteiger partial charge is 0.129 e. The molecule has 1 aliphatic rings. The molecule has 1 N–H and O–H groups in total. The molecular formula is C15H22FNO. The van der Waals surface area contributed by atoms with Crippen LogP contribution in [0, 0.1) is 11.7 Å². The summed E-state index contributed by atoms with van der Waals surface area (Å²) in [6, 6.07) is 7.08. The molecule has 1 unspecified atom stereocenters. The van der Waals surface area contributed by atoms with E-state index in [1.54, 1.807) is 18.2 Å². The van der Waals surface area contributed by atoms with Crippen molar-refractivity contribution in [2.75, 3.05) is 13.1 Å². The van der Waals surface area contributed by atoms with Gasteiger partial charge in [-0.1, -0.05) is 32.0 Å². The van der Waals surface area contributed by atoms with Crippen LogP contribution in [0.15, 0.2) is 24.3 Å². The number of rotatable bonds is 6. The SMILES string of the molecule is CC(C)CN(CC(O)c1ccccc1F)C1CC1. The molecule has 0 heterocycles. The maximum atomic E-state index is 13.6. The van der Waals surface area contributed by atoms with Crippen LogP contribution < -0.4 is 0 Å². The lowest BCUT2D eigenvalue weighted by Gasteiger charge is -2.26. The van der Waals surface area contributed by atoms with Crippen molar-refractivity contribution < 1.29 is 9.50 Å². The summed E-state index contributed by atoms with van der Waals surface area (Å²) >= 11 is 0. The van der Waals surface area contributed by atoms with Crippen molar-refractivity contribution in [1.82, 2.24) is 4.90 Å². The standard InChI is InChI=1S/C15H22FNO/c1-11(2)9-17(12-7-8-12)10-15(18)13-5-3-4-6-14(13)16/h3-6,11-12,15,18H,7-10H2,1-2H3. The zero-order valence-electron chi connectivity index (χ0n) is 11.1. The Hall–Kier alpha value is -0.930. The normalized spacial score (nSPS) is 17.4. The topological polar surface area (TPSA) is 23.5 Å². The molecule has 18 heavy (non-hydrogen) atoms. The van der Waals surface area contributed by atoms with Gasteiger partial charge >= 0.3 is 0 Å². The quantitative estimate of drug-likeness (QED) is 0.840. The van der Waals surface area contributed by atoms with Gasteiger partial charge in [-0.15, -0.1) is 0 Å². The number of nitrogens with zero attached hydrogens (tertiary/aromatic N) is 1. The third kappa shape index (κ3) is 3.53. The number of halogens is 1. The van der Waals surface area contributed by atoms with Gasteiger partial charge in [0, 0.05) is 24.7 Å². The Balaban J connectivity index is 2.00. The van der Waals surface area contributed by atoms with E-state index < -0.39 is 6.10 Å². The minimum absolute atomic E-state index is 0.315.